The van der Waals surface area contributed by atoms with E-state index >= 15 is 0 Å². The van der Waals surface area contributed by atoms with Gasteiger partial charge in [-0.15, -0.1) is 0 Å². The van der Waals surface area contributed by atoms with Crippen LogP contribution in [0, 0.1) is 0 Å². The highest BCUT2D eigenvalue weighted by molar-refractivity contribution is 5.83. The minimum atomic E-state index is 0.382. The molecule has 0 radical (unpaired) electrons. The number of hydrogen-bond donors (Lipinski definition) is 1. The summed E-state index contributed by atoms with van der Waals surface area (Å²) in [5, 5.41) is 15.7. The van der Waals surface area contributed by atoms with Crippen LogP contribution in [0.15, 0.2) is 35.7 Å². The molecule has 1 aromatic heterocycles. The van der Waals surface area contributed by atoms with Gasteiger partial charge >= 0.3 is 0 Å². The second-order valence-electron chi connectivity index (χ2n) is 4.24. The number of benzene rings is 1. The second kappa shape index (κ2) is 5.99. The first-order chi connectivity index (χ1) is 9.19. The molecule has 0 aliphatic rings. The molecule has 0 spiro atoms. The van der Waals surface area contributed by atoms with E-state index in [-0.39, 0.29) is 0 Å². The van der Waals surface area contributed by atoms with E-state index in [0.717, 1.165) is 17.1 Å². The number of aryl methyl sites for hydroxylation is 1. The van der Waals surface area contributed by atoms with Gasteiger partial charge in [0, 0.05) is 13.5 Å². The average molecular weight is 260 g/mol. The highest BCUT2D eigenvalue weighted by Crippen LogP contribution is 2.14. The molecule has 6 heteroatoms. The van der Waals surface area contributed by atoms with E-state index in [1.165, 1.54) is 6.33 Å². The summed E-state index contributed by atoms with van der Waals surface area (Å²) in [6, 6.07) is 7.66. The minimum Gasteiger partial charge on any atom is -0.486 e. The van der Waals surface area contributed by atoms with Crippen molar-refractivity contribution in [3.8, 4) is 5.75 Å². The molecule has 19 heavy (non-hydrogen) atoms. The quantitative estimate of drug-likeness (QED) is 0.505. The Kier molecular flexibility index (Phi) is 4.12. The Labute approximate surface area is 111 Å². The van der Waals surface area contributed by atoms with E-state index in [0.29, 0.717) is 18.7 Å². The highest BCUT2D eigenvalue weighted by atomic mass is 16.5. The number of rotatable bonds is 5. The molecule has 0 fully saturated rings. The summed E-state index contributed by atoms with van der Waals surface area (Å²) in [5.74, 6) is 1.54. The molecule has 0 saturated heterocycles. The molecule has 0 aliphatic carbocycles. The summed E-state index contributed by atoms with van der Waals surface area (Å²) >= 11 is 0. The maximum Gasteiger partial charge on any atom is 0.164 e. The van der Waals surface area contributed by atoms with Gasteiger partial charge in [0.2, 0.25) is 0 Å². The second-order valence-corrected chi connectivity index (χ2v) is 4.24. The van der Waals surface area contributed by atoms with Crippen molar-refractivity contribution < 1.29 is 9.94 Å². The molecule has 0 aliphatic heterocycles. The van der Waals surface area contributed by atoms with E-state index in [1.807, 2.05) is 31.3 Å². The number of oxime groups is 1. The fourth-order valence-corrected chi connectivity index (χ4v) is 1.63. The molecular weight excluding hydrogens is 244 g/mol. The van der Waals surface area contributed by atoms with Gasteiger partial charge in [-0.2, -0.15) is 5.10 Å². The fraction of sp³-hybridized carbons (Fsp3) is 0.308. The summed E-state index contributed by atoms with van der Waals surface area (Å²) in [4.78, 5) is 4.08. The van der Waals surface area contributed by atoms with Crippen molar-refractivity contribution in [1.29, 1.82) is 0 Å². The zero-order valence-electron chi connectivity index (χ0n) is 10.9. The molecule has 0 amide bonds. The normalized spacial score (nSPS) is 11.6. The maximum atomic E-state index is 8.61. The molecule has 1 aromatic carbocycles. The molecule has 1 heterocycles. The van der Waals surface area contributed by atoms with Crippen LogP contribution in [-0.4, -0.2) is 25.7 Å². The monoisotopic (exact) mass is 260 g/mol. The van der Waals surface area contributed by atoms with Crippen molar-refractivity contribution in [3.63, 3.8) is 0 Å². The van der Waals surface area contributed by atoms with Crippen molar-refractivity contribution in [3.05, 3.63) is 42.0 Å². The lowest BCUT2D eigenvalue weighted by molar-refractivity contribution is 0.289. The molecule has 2 rings (SSSR count). The van der Waals surface area contributed by atoms with Gasteiger partial charge in [-0.3, -0.25) is 4.68 Å². The van der Waals surface area contributed by atoms with Gasteiger partial charge in [-0.1, -0.05) is 17.3 Å². The number of ether oxygens (including phenoxy) is 1. The third-order valence-corrected chi connectivity index (χ3v) is 2.73. The van der Waals surface area contributed by atoms with E-state index < -0.39 is 0 Å². The van der Waals surface area contributed by atoms with Crippen LogP contribution in [0.1, 0.15) is 18.3 Å². The third-order valence-electron chi connectivity index (χ3n) is 2.73. The molecule has 0 saturated carbocycles. The predicted octanol–water partition coefficient (Wildman–Crippen LogP) is 1.79. The first kappa shape index (κ1) is 13.1. The van der Waals surface area contributed by atoms with Crippen LogP contribution in [0.3, 0.4) is 0 Å². The maximum absolute atomic E-state index is 8.61. The standard InChI is InChI=1S/C13H16N4O2/c1-10(16-18)7-11-3-5-12(6-4-11)19-8-13-14-9-15-17(13)2/h3-6,9,18H,7-8H2,1-2H3/b16-10-. The van der Waals surface area contributed by atoms with Gasteiger partial charge in [0.1, 0.15) is 18.7 Å². The fourth-order valence-electron chi connectivity index (χ4n) is 1.63. The summed E-state index contributed by atoms with van der Waals surface area (Å²) < 4.78 is 7.29. The topological polar surface area (TPSA) is 72.5 Å². The summed E-state index contributed by atoms with van der Waals surface area (Å²) in [7, 11) is 1.83. The smallest absolute Gasteiger partial charge is 0.164 e. The van der Waals surface area contributed by atoms with Crippen molar-refractivity contribution in [2.24, 2.45) is 12.2 Å². The van der Waals surface area contributed by atoms with Crippen LogP contribution < -0.4 is 4.74 Å². The molecule has 1 N–H and O–H groups in total. The molecule has 0 atom stereocenters. The van der Waals surface area contributed by atoms with Gasteiger partial charge < -0.3 is 9.94 Å². The van der Waals surface area contributed by atoms with Gasteiger partial charge in [0.05, 0.1) is 5.71 Å². The van der Waals surface area contributed by atoms with Crippen molar-refractivity contribution >= 4 is 5.71 Å². The molecular formula is C13H16N4O2. The largest absolute Gasteiger partial charge is 0.486 e. The average Bonchev–Trinajstić information content (AvgIpc) is 2.83. The molecule has 2 aromatic rings. The van der Waals surface area contributed by atoms with E-state index in [2.05, 4.69) is 15.2 Å². The predicted molar refractivity (Wildman–Crippen MR) is 70.4 cm³/mol. The van der Waals surface area contributed by atoms with Gasteiger partial charge in [0.15, 0.2) is 5.82 Å². The third kappa shape index (κ3) is 3.54. The Morgan fingerprint density at radius 2 is 2.11 bits per heavy atom. The van der Waals surface area contributed by atoms with Crippen LogP contribution in [-0.2, 0) is 20.1 Å². The van der Waals surface area contributed by atoms with Crippen molar-refractivity contribution in [2.45, 2.75) is 20.0 Å². The zero-order valence-corrected chi connectivity index (χ0v) is 10.9. The van der Waals surface area contributed by atoms with Crippen LogP contribution >= 0.6 is 0 Å². The lowest BCUT2D eigenvalue weighted by atomic mass is 10.1. The SMILES string of the molecule is C/C(Cc1ccc(OCc2ncnn2C)cc1)=N/O. The van der Waals surface area contributed by atoms with Crippen LogP contribution in [0.4, 0.5) is 0 Å². The molecule has 100 valence electrons. The van der Waals surface area contributed by atoms with E-state index in [1.54, 1.807) is 11.6 Å². The summed E-state index contributed by atoms with van der Waals surface area (Å²) in [6.45, 7) is 2.16. The Morgan fingerprint density at radius 3 is 2.68 bits per heavy atom. The van der Waals surface area contributed by atoms with Crippen LogP contribution in [0.5, 0.6) is 5.75 Å². The van der Waals surface area contributed by atoms with Gasteiger partial charge in [-0.05, 0) is 24.6 Å². The lowest BCUT2D eigenvalue weighted by Crippen LogP contribution is -2.04. The molecule has 0 unspecified atom stereocenters. The van der Waals surface area contributed by atoms with Gasteiger partial charge in [-0.25, -0.2) is 4.98 Å². The van der Waals surface area contributed by atoms with E-state index in [4.69, 9.17) is 9.94 Å². The Balaban J connectivity index is 1.94. The summed E-state index contributed by atoms with van der Waals surface area (Å²) in [6.07, 6.45) is 2.12. The zero-order chi connectivity index (χ0) is 13.7. The molecule has 0 bridgehead atoms. The Morgan fingerprint density at radius 1 is 1.37 bits per heavy atom. The summed E-state index contributed by atoms with van der Waals surface area (Å²) in [5.41, 5.74) is 1.74. The lowest BCUT2D eigenvalue weighted by Gasteiger charge is -2.06. The Bertz CT molecular complexity index is 560. The Hall–Kier alpha value is -2.37. The van der Waals surface area contributed by atoms with Gasteiger partial charge in [0.25, 0.3) is 0 Å². The van der Waals surface area contributed by atoms with Crippen molar-refractivity contribution in [2.75, 3.05) is 0 Å². The highest BCUT2D eigenvalue weighted by Gasteiger charge is 2.02. The van der Waals surface area contributed by atoms with Crippen LogP contribution in [0.2, 0.25) is 0 Å². The van der Waals surface area contributed by atoms with E-state index in [9.17, 15) is 0 Å². The first-order valence-electron chi connectivity index (χ1n) is 5.91. The number of nitrogens with zero attached hydrogens (tertiary/aromatic N) is 4. The number of hydrogen-bond acceptors (Lipinski definition) is 5. The number of aromatic nitrogens is 3. The first-order valence-corrected chi connectivity index (χ1v) is 5.91. The van der Waals surface area contributed by atoms with Crippen molar-refractivity contribution in [1.82, 2.24) is 14.8 Å². The van der Waals surface area contributed by atoms with Crippen LogP contribution in [0.25, 0.3) is 0 Å². The minimum absolute atomic E-state index is 0.382. The molecule has 6 nitrogen and oxygen atoms in total.